The highest BCUT2D eigenvalue weighted by atomic mass is 19.2. The monoisotopic (exact) mass is 386 g/mol. The zero-order valence-corrected chi connectivity index (χ0v) is 17.6. The normalized spacial score (nSPS) is 30.3. The third kappa shape index (κ3) is 4.42. The highest BCUT2D eigenvalue weighted by Gasteiger charge is 2.48. The molecule has 0 bridgehead atoms. The van der Waals surface area contributed by atoms with E-state index in [2.05, 4.69) is 19.1 Å². The van der Waals surface area contributed by atoms with Gasteiger partial charge in [0, 0.05) is 10.6 Å². The number of benzene rings is 1. The van der Waals surface area contributed by atoms with Crippen LogP contribution in [0.4, 0.5) is 8.78 Å². The highest BCUT2D eigenvalue weighted by molar-refractivity contribution is 5.55. The van der Waals surface area contributed by atoms with Crippen molar-refractivity contribution in [2.24, 2.45) is 17.3 Å². The summed E-state index contributed by atoms with van der Waals surface area (Å²) >= 11 is 0. The van der Waals surface area contributed by atoms with Gasteiger partial charge in [-0.1, -0.05) is 87.9 Å². The molecule has 2 aliphatic carbocycles. The molecule has 2 aliphatic rings. The first-order valence-corrected chi connectivity index (χ1v) is 11.3. The van der Waals surface area contributed by atoms with E-state index in [1.807, 2.05) is 25.1 Å². The van der Waals surface area contributed by atoms with Crippen LogP contribution in [0.5, 0.6) is 0 Å². The fraction of sp³-hybridized carbons (Fsp3) is 0.615. The first kappa shape index (κ1) is 21.3. The lowest BCUT2D eigenvalue weighted by atomic mass is 9.60. The molecule has 0 spiro atoms. The fourth-order valence-corrected chi connectivity index (χ4v) is 5.47. The molecule has 0 N–H and O–H groups in total. The molecule has 1 aromatic rings. The molecule has 1 fully saturated rings. The quantitative estimate of drug-likeness (QED) is 0.348. The molecule has 0 nitrogen and oxygen atoms in total. The van der Waals surface area contributed by atoms with Crippen molar-refractivity contribution < 1.29 is 8.78 Å². The highest BCUT2D eigenvalue weighted by Crippen LogP contribution is 2.51. The van der Waals surface area contributed by atoms with Crippen molar-refractivity contribution in [1.29, 1.82) is 0 Å². The summed E-state index contributed by atoms with van der Waals surface area (Å²) in [5.74, 6) is 0.455. The summed E-state index contributed by atoms with van der Waals surface area (Å²) < 4.78 is 30.8. The molecule has 0 aliphatic heterocycles. The van der Waals surface area contributed by atoms with Crippen molar-refractivity contribution in [3.8, 4) is 0 Å². The number of hydrogen-bond donors (Lipinski definition) is 0. The second kappa shape index (κ2) is 9.85. The predicted molar refractivity (Wildman–Crippen MR) is 116 cm³/mol. The topological polar surface area (TPSA) is 0 Å². The number of hydrogen-bond acceptors (Lipinski definition) is 0. The molecule has 0 heterocycles. The van der Waals surface area contributed by atoms with Gasteiger partial charge in [0.2, 0.25) is 0 Å². The summed E-state index contributed by atoms with van der Waals surface area (Å²) in [7, 11) is 0. The molecule has 0 radical (unpaired) electrons. The van der Waals surface area contributed by atoms with E-state index in [9.17, 15) is 0 Å². The molecule has 0 amide bonds. The second-order valence-corrected chi connectivity index (χ2v) is 8.88. The molecule has 0 aromatic heterocycles. The Morgan fingerprint density at radius 2 is 1.86 bits per heavy atom. The third-order valence-corrected chi connectivity index (χ3v) is 7.14. The summed E-state index contributed by atoms with van der Waals surface area (Å²) in [5.41, 5.74) is -0.702. The number of fused-ring (bicyclic) bond motifs is 1. The number of alkyl halides is 1. The van der Waals surface area contributed by atoms with Crippen LogP contribution in [0.2, 0.25) is 0 Å². The van der Waals surface area contributed by atoms with Crippen LogP contribution in [-0.2, 0) is 0 Å². The summed E-state index contributed by atoms with van der Waals surface area (Å²) in [6.07, 6.45) is 15.8. The van der Waals surface area contributed by atoms with E-state index in [0.29, 0.717) is 11.6 Å². The van der Waals surface area contributed by atoms with E-state index in [4.69, 9.17) is 0 Å². The van der Waals surface area contributed by atoms with Gasteiger partial charge in [-0.25, -0.2) is 8.78 Å². The predicted octanol–water partition coefficient (Wildman–Crippen LogP) is 6.63. The lowest BCUT2D eigenvalue weighted by Crippen LogP contribution is -2.48. The molecule has 2 heteroatoms. The maximum absolute atomic E-state index is 15.7. The van der Waals surface area contributed by atoms with Crippen LogP contribution in [0.15, 0.2) is 36.4 Å². The smallest absolute Gasteiger partial charge is 0.161 e. The zero-order valence-electron chi connectivity index (χ0n) is 17.6. The Morgan fingerprint density at radius 3 is 2.57 bits per heavy atom. The Kier molecular flexibility index (Phi) is 7.48. The van der Waals surface area contributed by atoms with Gasteiger partial charge in [-0.2, -0.15) is 0 Å². The summed E-state index contributed by atoms with van der Waals surface area (Å²) in [6.45, 7) is 4.24. The first-order chi connectivity index (χ1) is 13.6. The van der Waals surface area contributed by atoms with E-state index in [0.717, 1.165) is 30.4 Å². The Labute approximate surface area is 169 Å². The van der Waals surface area contributed by atoms with Crippen LogP contribution < -0.4 is 10.4 Å². The van der Waals surface area contributed by atoms with Gasteiger partial charge < -0.3 is 0 Å². The van der Waals surface area contributed by atoms with Gasteiger partial charge in [-0.15, -0.1) is 0 Å². The maximum Gasteiger partial charge on any atom is 0.161 e. The van der Waals surface area contributed by atoms with Crippen LogP contribution in [0.3, 0.4) is 0 Å². The minimum absolute atomic E-state index is 0.231. The maximum atomic E-state index is 15.7. The Morgan fingerprint density at radius 1 is 1.11 bits per heavy atom. The van der Waals surface area contributed by atoms with Crippen LogP contribution >= 0.6 is 0 Å². The van der Waals surface area contributed by atoms with Gasteiger partial charge in [0.05, 0.1) is 0 Å². The molecule has 2 atom stereocenters. The molecule has 1 aromatic carbocycles. The van der Waals surface area contributed by atoms with Crippen molar-refractivity contribution in [3.63, 3.8) is 0 Å². The average Bonchev–Trinajstić information content (AvgIpc) is 2.72. The number of allylic oxidation sites excluding steroid dienone is 2. The summed E-state index contributed by atoms with van der Waals surface area (Å²) in [5, 5.41) is 1.32. The van der Waals surface area contributed by atoms with E-state index in [-0.39, 0.29) is 5.92 Å². The minimum Gasteiger partial charge on any atom is -0.239 e. The largest absolute Gasteiger partial charge is 0.239 e. The van der Waals surface area contributed by atoms with Crippen molar-refractivity contribution in [2.75, 3.05) is 0 Å². The van der Waals surface area contributed by atoms with Gasteiger partial charge in [-0.3, -0.25) is 0 Å². The lowest BCUT2D eigenvalue weighted by Gasteiger charge is -2.45. The standard InChI is InChI=1S/C26H36F2/c1-3-5-7-11-20-14-16-22(17-15-20)26(18-10-6-4-2)19-21-12-8-9-13-23(21)24(27)25(26)28/h4,6,8-9,12-13,19-20,22,25H,3,5,7,10-11,14-18H2,1-2H3/b6-4+. The van der Waals surface area contributed by atoms with Crippen molar-refractivity contribution in [1.82, 2.24) is 0 Å². The average molecular weight is 387 g/mol. The first-order valence-electron chi connectivity index (χ1n) is 11.3. The molecular weight excluding hydrogens is 350 g/mol. The Bertz CT molecular complexity index is 770. The SMILES string of the molecule is C/C=C/CCC1(C2CCC(CCCCC)CC2)C=c2ccccc2=C(F)C1F. The third-order valence-electron chi connectivity index (χ3n) is 7.14. The zero-order chi connectivity index (χ0) is 20.0. The van der Waals surface area contributed by atoms with Crippen LogP contribution in [0.1, 0.15) is 78.1 Å². The molecule has 1 saturated carbocycles. The fourth-order valence-electron chi connectivity index (χ4n) is 5.47. The van der Waals surface area contributed by atoms with E-state index < -0.39 is 17.4 Å². The van der Waals surface area contributed by atoms with Crippen LogP contribution in [-0.4, -0.2) is 6.17 Å². The van der Waals surface area contributed by atoms with Gasteiger partial charge in [0.25, 0.3) is 0 Å². The van der Waals surface area contributed by atoms with Gasteiger partial charge in [0.15, 0.2) is 6.17 Å². The lowest BCUT2D eigenvalue weighted by molar-refractivity contribution is 0.0768. The molecule has 0 saturated heterocycles. The molecule has 3 rings (SSSR count). The Hall–Kier alpha value is -1.44. The molecule has 2 unspecified atom stereocenters. The van der Waals surface area contributed by atoms with E-state index in [1.165, 1.54) is 38.5 Å². The van der Waals surface area contributed by atoms with Crippen molar-refractivity contribution >= 4 is 11.9 Å². The molecular formula is C26H36F2. The number of unbranched alkanes of at least 4 members (excludes halogenated alkanes) is 2. The number of rotatable bonds is 8. The van der Waals surface area contributed by atoms with Gasteiger partial charge in [0.1, 0.15) is 5.83 Å². The molecule has 28 heavy (non-hydrogen) atoms. The van der Waals surface area contributed by atoms with E-state index in [1.54, 1.807) is 12.1 Å². The van der Waals surface area contributed by atoms with Crippen LogP contribution in [0.25, 0.3) is 11.9 Å². The van der Waals surface area contributed by atoms with E-state index >= 15 is 8.78 Å². The Balaban J connectivity index is 1.85. The summed E-state index contributed by atoms with van der Waals surface area (Å²) in [4.78, 5) is 0. The van der Waals surface area contributed by atoms with Crippen molar-refractivity contribution in [3.05, 3.63) is 46.9 Å². The van der Waals surface area contributed by atoms with Gasteiger partial charge in [-0.05, 0) is 49.7 Å². The minimum atomic E-state index is -1.52. The number of halogens is 2. The van der Waals surface area contributed by atoms with Crippen molar-refractivity contribution in [2.45, 2.75) is 84.2 Å². The van der Waals surface area contributed by atoms with Crippen LogP contribution in [0, 0.1) is 17.3 Å². The molecule has 154 valence electrons. The van der Waals surface area contributed by atoms with Gasteiger partial charge >= 0.3 is 0 Å². The summed E-state index contributed by atoms with van der Waals surface area (Å²) in [6, 6.07) is 7.39. The second-order valence-electron chi connectivity index (χ2n) is 8.88.